The summed E-state index contributed by atoms with van der Waals surface area (Å²) in [5.41, 5.74) is 11.8. The molecule has 86 heavy (non-hydrogen) atoms. The van der Waals surface area contributed by atoms with Gasteiger partial charge in [0.25, 0.3) is 11.8 Å². The number of nitrogens with two attached hydrogens (primary N) is 1. The van der Waals surface area contributed by atoms with E-state index in [1.807, 2.05) is 204 Å². The van der Waals surface area contributed by atoms with Gasteiger partial charge in [0.2, 0.25) is 5.60 Å². The molecule has 12 rings (SSSR count). The summed E-state index contributed by atoms with van der Waals surface area (Å²) in [5.74, 6) is -0.936. The van der Waals surface area contributed by atoms with Crippen molar-refractivity contribution in [2.45, 2.75) is 35.7 Å². The Morgan fingerprint density at radius 1 is 0.709 bits per heavy atom. The van der Waals surface area contributed by atoms with Crippen molar-refractivity contribution in [2.75, 3.05) is 23.9 Å². The van der Waals surface area contributed by atoms with E-state index >= 15 is 4.79 Å². The molecule has 2 atom stereocenters. The molecule has 17 heteroatoms. The van der Waals surface area contributed by atoms with Crippen LogP contribution in [0, 0.1) is 0 Å². The second kappa shape index (κ2) is 25.5. The number of nitrogen functional groups attached to an aromatic ring is 1. The lowest BCUT2D eigenvalue weighted by molar-refractivity contribution is -0.686. The smallest absolute Gasteiger partial charge is 0.355 e. The topological polar surface area (TPSA) is 174 Å². The van der Waals surface area contributed by atoms with Gasteiger partial charge >= 0.3 is 5.97 Å². The molecule has 2 aliphatic rings. The number of pyridine rings is 1. The molecule has 426 valence electrons. The van der Waals surface area contributed by atoms with Gasteiger partial charge in [0.15, 0.2) is 34.9 Å². The van der Waals surface area contributed by atoms with Crippen molar-refractivity contribution >= 4 is 68.2 Å². The molecule has 4 N–H and O–H groups in total. The first-order valence-electron chi connectivity index (χ1n) is 27.7. The number of β-lactam (4-membered cyclic amide) rings is 1. The minimum absolute atomic E-state index is 0.0585. The van der Waals surface area contributed by atoms with E-state index in [9.17, 15) is 9.59 Å². The molecule has 0 radical (unpaired) electrons. The summed E-state index contributed by atoms with van der Waals surface area (Å²) in [6, 6.07) is 69.6. The maximum atomic E-state index is 15.5. The van der Waals surface area contributed by atoms with E-state index in [1.54, 1.807) is 24.6 Å². The summed E-state index contributed by atoms with van der Waals surface area (Å²) < 4.78 is 13.3. The second-order valence-electron chi connectivity index (χ2n) is 20.2. The van der Waals surface area contributed by atoms with Gasteiger partial charge < -0.3 is 30.7 Å². The third-order valence-electron chi connectivity index (χ3n) is 15.0. The Morgan fingerprint density at radius 2 is 1.27 bits per heavy atom. The molecule has 7 aromatic carbocycles. The number of aromatic nitrogens is 3. The van der Waals surface area contributed by atoms with Crippen LogP contribution >= 0.6 is 34.4 Å². The molecule has 0 bridgehead atoms. The number of methoxy groups -OCH3 is 1. The normalized spacial score (nSPS) is 15.2. The van der Waals surface area contributed by atoms with Crippen molar-refractivity contribution in [1.82, 2.24) is 20.2 Å². The highest BCUT2D eigenvalue weighted by Crippen LogP contribution is 2.44. The maximum absolute atomic E-state index is 15.5. The molecule has 10 aromatic rings. The number of nitrogens with one attached hydrogen (secondary N) is 2. The summed E-state index contributed by atoms with van der Waals surface area (Å²) in [5, 5.41) is 15.7. The summed E-state index contributed by atoms with van der Waals surface area (Å²) in [6.45, 7) is 0.382. The Morgan fingerprint density at radius 3 is 1.80 bits per heavy atom. The summed E-state index contributed by atoms with van der Waals surface area (Å²) in [4.78, 5) is 63.0. The molecule has 0 unspecified atom stereocenters. The molecule has 0 saturated carbocycles. The number of carbonyl (C=O) groups is 3. The van der Waals surface area contributed by atoms with Crippen molar-refractivity contribution in [3.05, 3.63) is 310 Å². The molecular formula is C69H57N8O6S3+. The van der Waals surface area contributed by atoms with Gasteiger partial charge in [-0.25, -0.2) is 19.3 Å². The van der Waals surface area contributed by atoms with Gasteiger partial charge in [0.1, 0.15) is 40.7 Å². The van der Waals surface area contributed by atoms with Gasteiger partial charge in [0, 0.05) is 39.3 Å². The lowest BCUT2D eigenvalue weighted by Crippen LogP contribution is -2.71. The van der Waals surface area contributed by atoms with E-state index in [2.05, 4.69) is 52.0 Å². The minimum atomic E-state index is -1.38. The molecule has 0 aliphatic carbocycles. The lowest BCUT2D eigenvalue weighted by Gasteiger charge is -2.49. The van der Waals surface area contributed by atoms with Gasteiger partial charge in [-0.2, -0.15) is 0 Å². The van der Waals surface area contributed by atoms with Crippen LogP contribution in [0.15, 0.2) is 270 Å². The molecule has 3 aromatic heterocycles. The van der Waals surface area contributed by atoms with Crippen LogP contribution in [-0.4, -0.2) is 62.6 Å². The highest BCUT2D eigenvalue weighted by atomic mass is 32.2. The molecule has 14 nitrogen and oxygen atoms in total. The van der Waals surface area contributed by atoms with Crippen LogP contribution < -0.4 is 25.7 Å². The fourth-order valence-corrected chi connectivity index (χ4v) is 13.5. The number of oxime groups is 1. The number of esters is 1. The van der Waals surface area contributed by atoms with Crippen molar-refractivity contribution in [1.29, 1.82) is 0 Å². The number of ether oxygens (including phenoxy) is 2. The average Bonchev–Trinajstić information content (AvgIpc) is 1.11. The number of thioether (sulfide) groups is 1. The number of carbonyl (C=O) groups excluding carboxylic acids is 3. The Balaban J connectivity index is 0.908. The third kappa shape index (κ3) is 11.5. The van der Waals surface area contributed by atoms with Crippen molar-refractivity contribution in [2.24, 2.45) is 5.16 Å². The molecule has 2 amide bonds. The van der Waals surface area contributed by atoms with Gasteiger partial charge in [-0.05, 0) is 52.1 Å². The molecule has 2 aliphatic heterocycles. The van der Waals surface area contributed by atoms with Crippen LogP contribution in [0.25, 0.3) is 11.3 Å². The van der Waals surface area contributed by atoms with E-state index in [0.29, 0.717) is 33.9 Å². The van der Waals surface area contributed by atoms with E-state index in [4.69, 9.17) is 30.2 Å². The molecular weight excluding hydrogens is 1130 g/mol. The summed E-state index contributed by atoms with van der Waals surface area (Å²) in [6.07, 6.45) is 7.69. The Kier molecular flexibility index (Phi) is 16.8. The number of hydrogen-bond donors (Lipinski definition) is 3. The fourth-order valence-electron chi connectivity index (χ4n) is 10.8. The molecule has 1 fully saturated rings. The van der Waals surface area contributed by atoms with Crippen LogP contribution in [0.4, 0.5) is 10.3 Å². The van der Waals surface area contributed by atoms with Gasteiger partial charge in [-0.3, -0.25) is 14.5 Å². The molecule has 0 spiro atoms. The highest BCUT2D eigenvalue weighted by Gasteiger charge is 2.55. The number of amides is 2. The number of nitrogens with zero attached hydrogens (tertiary/aromatic N) is 5. The number of fused-ring (bicyclic) bond motifs is 1. The van der Waals surface area contributed by atoms with Crippen molar-refractivity contribution < 1.29 is 33.3 Å². The first-order valence-corrected chi connectivity index (χ1v) is 30.5. The predicted molar refractivity (Wildman–Crippen MR) is 338 cm³/mol. The van der Waals surface area contributed by atoms with Gasteiger partial charge in [-0.1, -0.05) is 205 Å². The Labute approximate surface area is 510 Å². The zero-order valence-electron chi connectivity index (χ0n) is 46.5. The summed E-state index contributed by atoms with van der Waals surface area (Å²) >= 11 is 4.10. The first-order chi connectivity index (χ1) is 42.2. The van der Waals surface area contributed by atoms with E-state index < -0.39 is 40.3 Å². The molecule has 1 saturated heterocycles. The largest absolute Gasteiger partial charge is 0.497 e. The van der Waals surface area contributed by atoms with Gasteiger partial charge in [0.05, 0.1) is 18.4 Å². The minimum Gasteiger partial charge on any atom is -0.497 e. The van der Waals surface area contributed by atoms with E-state index in [0.717, 1.165) is 50.2 Å². The SMILES string of the molecule is COc1ccc(COC(=O)C2=C(/C=C/C[n+]3cccc(-c4csc(N)n4)c3)CS[C@H]3[C@H](NC(=O)C(=NOC(c4ccccc4)(c4ccccc4)c4ccccc4)c4csc(NC(c5ccccc5)(c5ccccc5)c5ccccc5)n4)C(=O)N23)cc1. The van der Waals surface area contributed by atoms with E-state index in [-0.39, 0.29) is 23.7 Å². The number of benzene rings is 7. The highest BCUT2D eigenvalue weighted by molar-refractivity contribution is 8.00. The fraction of sp³-hybridized carbons (Fsp3) is 0.116. The summed E-state index contributed by atoms with van der Waals surface area (Å²) in [7, 11) is 1.58. The number of allylic oxidation sites excluding steroid dienone is 2. The second-order valence-corrected chi connectivity index (χ2v) is 23.1. The third-order valence-corrected chi connectivity index (χ3v) is 17.7. The number of thiazole rings is 2. The van der Waals surface area contributed by atoms with Crippen LogP contribution in [0.1, 0.15) is 44.6 Å². The maximum Gasteiger partial charge on any atom is 0.355 e. The van der Waals surface area contributed by atoms with Crippen LogP contribution in [0.5, 0.6) is 5.75 Å². The quantitative estimate of drug-likeness (QED) is 0.0156. The van der Waals surface area contributed by atoms with Crippen molar-refractivity contribution in [3.63, 3.8) is 0 Å². The Bertz CT molecular complexity index is 3900. The zero-order valence-corrected chi connectivity index (χ0v) is 49.0. The monoisotopic (exact) mass is 1190 g/mol. The van der Waals surface area contributed by atoms with Crippen LogP contribution in [0.3, 0.4) is 0 Å². The Hall–Kier alpha value is -9.94. The van der Waals surface area contributed by atoms with Crippen LogP contribution in [-0.2, 0) is 48.2 Å². The first kappa shape index (κ1) is 56.5. The lowest BCUT2D eigenvalue weighted by atomic mass is 9.77. The predicted octanol–water partition coefficient (Wildman–Crippen LogP) is 11.9. The average molecular weight is 1190 g/mol. The van der Waals surface area contributed by atoms with E-state index in [1.165, 1.54) is 39.3 Å². The number of anilines is 2. The number of hydrogen-bond acceptors (Lipinski definition) is 14. The number of rotatable bonds is 21. The molecule has 5 heterocycles. The zero-order chi connectivity index (χ0) is 58.9. The van der Waals surface area contributed by atoms with Crippen LogP contribution in [0.2, 0.25) is 0 Å². The van der Waals surface area contributed by atoms with Crippen molar-refractivity contribution in [3.8, 4) is 17.0 Å². The van der Waals surface area contributed by atoms with Gasteiger partial charge in [-0.15, -0.1) is 34.4 Å². The standard InChI is InChI=1S/C69H56N8O6S3/c1-81-56-38-36-47(37-39-56)43-82-65(80)61-49(23-21-41-76-40-20-22-48(42-76)57-45-85-66(70)71-57)44-84-64-60(63(79)77(61)64)73-62(78)59(75-83-69(53-30-14-5-15-31-53,54-32-16-6-17-33-54)55-34-18-7-19-35-55)58-46-86-67(72-58)74-68(50-24-8-2-9-25-50,51-26-10-3-11-27-51)52-28-12-4-13-29-52/h2-40,42,45-46,60,64H,41,43-44H2,1H3,(H3-,70,71,72,73,74,78)/p+1/b23-21+,75-59?/t60-,64+/m1/s1.